The van der Waals surface area contributed by atoms with Crippen molar-refractivity contribution >= 4 is 27.5 Å². The summed E-state index contributed by atoms with van der Waals surface area (Å²) in [6.07, 6.45) is 1.63. The SMILES string of the molecule is CNC(=O)C(C)N(CCc1ccccc1)C(=O)CN(c1cc(C)ccc1C)S(C)(=O)=O. The van der Waals surface area contributed by atoms with E-state index in [1.165, 1.54) is 11.9 Å². The number of hydrogen-bond donors (Lipinski definition) is 1. The maximum atomic E-state index is 13.3. The third-order valence-corrected chi connectivity index (χ3v) is 6.34. The lowest BCUT2D eigenvalue weighted by Gasteiger charge is -2.31. The normalized spacial score (nSPS) is 12.2. The summed E-state index contributed by atoms with van der Waals surface area (Å²) in [7, 11) is -2.21. The van der Waals surface area contributed by atoms with Gasteiger partial charge in [-0.3, -0.25) is 13.9 Å². The second-order valence-corrected chi connectivity index (χ2v) is 9.58. The minimum absolute atomic E-state index is 0.293. The lowest BCUT2D eigenvalue weighted by Crippen LogP contribution is -2.51. The molecule has 2 aromatic rings. The quantitative estimate of drug-likeness (QED) is 0.642. The van der Waals surface area contributed by atoms with Gasteiger partial charge in [-0.2, -0.15) is 0 Å². The number of anilines is 1. The molecule has 0 bridgehead atoms. The van der Waals surface area contributed by atoms with Gasteiger partial charge in [0.05, 0.1) is 11.9 Å². The molecule has 0 saturated heterocycles. The van der Waals surface area contributed by atoms with Crippen molar-refractivity contribution in [3.8, 4) is 0 Å². The fraction of sp³-hybridized carbons (Fsp3) is 0.391. The minimum Gasteiger partial charge on any atom is -0.357 e. The lowest BCUT2D eigenvalue weighted by molar-refractivity contribution is -0.138. The molecule has 1 N–H and O–H groups in total. The van der Waals surface area contributed by atoms with Gasteiger partial charge >= 0.3 is 0 Å². The Morgan fingerprint density at radius 1 is 1.06 bits per heavy atom. The number of likely N-dealkylation sites (N-methyl/N-ethyl adjacent to an activating group) is 1. The van der Waals surface area contributed by atoms with Gasteiger partial charge in [0.1, 0.15) is 12.6 Å². The Morgan fingerprint density at radius 3 is 2.29 bits per heavy atom. The first-order chi connectivity index (χ1) is 14.5. The Balaban J connectivity index is 2.34. The predicted molar refractivity (Wildman–Crippen MR) is 123 cm³/mol. The zero-order chi connectivity index (χ0) is 23.2. The Morgan fingerprint density at radius 2 is 1.71 bits per heavy atom. The van der Waals surface area contributed by atoms with E-state index in [0.717, 1.165) is 27.3 Å². The summed E-state index contributed by atoms with van der Waals surface area (Å²) < 4.78 is 26.3. The molecule has 0 saturated carbocycles. The summed E-state index contributed by atoms with van der Waals surface area (Å²) >= 11 is 0. The van der Waals surface area contributed by atoms with Crippen LogP contribution in [0.3, 0.4) is 0 Å². The molecule has 1 unspecified atom stereocenters. The highest BCUT2D eigenvalue weighted by atomic mass is 32.2. The van der Waals surface area contributed by atoms with Crippen molar-refractivity contribution in [2.75, 3.05) is 30.7 Å². The molecule has 0 spiro atoms. The molecular formula is C23H31N3O4S. The van der Waals surface area contributed by atoms with Crippen LogP contribution in [-0.2, 0) is 26.0 Å². The molecule has 0 aliphatic heterocycles. The van der Waals surface area contributed by atoms with E-state index in [4.69, 9.17) is 0 Å². The Labute approximate surface area is 185 Å². The van der Waals surface area contributed by atoms with Crippen molar-refractivity contribution in [3.05, 3.63) is 65.2 Å². The summed E-state index contributed by atoms with van der Waals surface area (Å²) in [6, 6.07) is 14.4. The number of carbonyl (C=O) groups is 2. The molecule has 8 heteroatoms. The number of amides is 2. The fourth-order valence-corrected chi connectivity index (χ4v) is 4.26. The van der Waals surface area contributed by atoms with Gasteiger partial charge in [-0.25, -0.2) is 8.42 Å². The number of carbonyl (C=O) groups excluding carboxylic acids is 2. The largest absolute Gasteiger partial charge is 0.357 e. The molecule has 0 radical (unpaired) electrons. The van der Waals surface area contributed by atoms with Crippen LogP contribution in [0.4, 0.5) is 5.69 Å². The Hall–Kier alpha value is -2.87. The first-order valence-corrected chi connectivity index (χ1v) is 12.0. The molecule has 2 amide bonds. The van der Waals surface area contributed by atoms with Crippen molar-refractivity contribution in [2.45, 2.75) is 33.2 Å². The first kappa shape index (κ1) is 24.4. The topological polar surface area (TPSA) is 86.8 Å². The summed E-state index contributed by atoms with van der Waals surface area (Å²) in [5.41, 5.74) is 3.13. The third kappa shape index (κ3) is 6.55. The molecular weight excluding hydrogens is 414 g/mol. The number of hydrogen-bond acceptors (Lipinski definition) is 4. The van der Waals surface area contributed by atoms with Crippen molar-refractivity contribution in [1.29, 1.82) is 0 Å². The van der Waals surface area contributed by atoms with Crippen LogP contribution in [0.2, 0.25) is 0 Å². The molecule has 0 aliphatic rings. The third-order valence-electron chi connectivity index (χ3n) is 5.21. The lowest BCUT2D eigenvalue weighted by atomic mass is 10.1. The second-order valence-electron chi connectivity index (χ2n) is 7.67. The Kier molecular flexibility index (Phi) is 8.21. The monoisotopic (exact) mass is 445 g/mol. The fourth-order valence-electron chi connectivity index (χ4n) is 3.36. The zero-order valence-corrected chi connectivity index (χ0v) is 19.6. The van der Waals surface area contributed by atoms with Gasteiger partial charge in [0.2, 0.25) is 21.8 Å². The van der Waals surface area contributed by atoms with Gasteiger partial charge in [0.25, 0.3) is 0 Å². The molecule has 0 fully saturated rings. The van der Waals surface area contributed by atoms with Gasteiger partial charge in [-0.15, -0.1) is 0 Å². The predicted octanol–water partition coefficient (Wildman–Crippen LogP) is 2.28. The molecule has 2 rings (SSSR count). The molecule has 0 heterocycles. The Bertz CT molecular complexity index is 1020. The van der Waals surface area contributed by atoms with E-state index in [0.29, 0.717) is 18.7 Å². The number of nitrogens with one attached hydrogen (secondary N) is 1. The molecule has 1 atom stereocenters. The molecule has 0 aromatic heterocycles. The molecule has 2 aromatic carbocycles. The van der Waals surface area contributed by atoms with Gasteiger partial charge in [-0.1, -0.05) is 42.5 Å². The first-order valence-electron chi connectivity index (χ1n) is 10.1. The van der Waals surface area contributed by atoms with Crippen LogP contribution in [-0.4, -0.2) is 57.6 Å². The van der Waals surface area contributed by atoms with E-state index in [9.17, 15) is 18.0 Å². The van der Waals surface area contributed by atoms with Crippen LogP contribution in [0, 0.1) is 13.8 Å². The maximum absolute atomic E-state index is 13.3. The second kappa shape index (κ2) is 10.4. The molecule has 0 aliphatic carbocycles. The highest BCUT2D eigenvalue weighted by molar-refractivity contribution is 7.92. The van der Waals surface area contributed by atoms with Crippen LogP contribution in [0.5, 0.6) is 0 Å². The van der Waals surface area contributed by atoms with Crippen LogP contribution < -0.4 is 9.62 Å². The number of sulfonamides is 1. The van der Waals surface area contributed by atoms with Crippen molar-refractivity contribution in [1.82, 2.24) is 10.2 Å². The van der Waals surface area contributed by atoms with E-state index in [2.05, 4.69) is 5.32 Å². The van der Waals surface area contributed by atoms with Gasteiger partial charge < -0.3 is 10.2 Å². The number of benzene rings is 2. The number of rotatable bonds is 9. The van der Waals surface area contributed by atoms with Crippen molar-refractivity contribution in [2.24, 2.45) is 0 Å². The molecule has 31 heavy (non-hydrogen) atoms. The number of nitrogens with zero attached hydrogens (tertiary/aromatic N) is 2. The maximum Gasteiger partial charge on any atom is 0.244 e. The molecule has 168 valence electrons. The van der Waals surface area contributed by atoms with Crippen LogP contribution >= 0.6 is 0 Å². The van der Waals surface area contributed by atoms with Crippen LogP contribution in [0.15, 0.2) is 48.5 Å². The van der Waals surface area contributed by atoms with Crippen molar-refractivity contribution < 1.29 is 18.0 Å². The minimum atomic E-state index is -3.72. The standard InChI is InChI=1S/C23H31N3O4S/c1-17-11-12-18(2)21(15-17)26(31(5,29)30)16-22(27)25(19(3)23(28)24-4)14-13-20-9-7-6-8-10-20/h6-12,15,19H,13-14,16H2,1-5H3,(H,24,28). The zero-order valence-electron chi connectivity index (χ0n) is 18.8. The van der Waals surface area contributed by atoms with Crippen molar-refractivity contribution in [3.63, 3.8) is 0 Å². The molecule has 7 nitrogen and oxygen atoms in total. The van der Waals surface area contributed by atoms with E-state index < -0.39 is 22.0 Å². The van der Waals surface area contributed by atoms with E-state index >= 15 is 0 Å². The van der Waals surface area contributed by atoms with Crippen LogP contribution in [0.1, 0.15) is 23.6 Å². The summed E-state index contributed by atoms with van der Waals surface area (Å²) in [6.45, 7) is 5.23. The highest BCUT2D eigenvalue weighted by Crippen LogP contribution is 2.24. The average molecular weight is 446 g/mol. The average Bonchev–Trinajstić information content (AvgIpc) is 2.73. The van der Waals surface area contributed by atoms with Gasteiger partial charge in [-0.05, 0) is 49.9 Å². The highest BCUT2D eigenvalue weighted by Gasteiger charge is 2.29. The van der Waals surface area contributed by atoms with E-state index in [1.807, 2.05) is 49.4 Å². The summed E-state index contributed by atoms with van der Waals surface area (Å²) in [4.78, 5) is 27.0. The summed E-state index contributed by atoms with van der Waals surface area (Å²) in [5.74, 6) is -0.739. The van der Waals surface area contributed by atoms with E-state index in [1.54, 1.807) is 19.9 Å². The van der Waals surface area contributed by atoms with Gasteiger partial charge in [0, 0.05) is 13.6 Å². The van der Waals surface area contributed by atoms with Gasteiger partial charge in [0.15, 0.2) is 0 Å². The smallest absolute Gasteiger partial charge is 0.244 e. The van der Waals surface area contributed by atoms with Crippen LogP contribution in [0.25, 0.3) is 0 Å². The van der Waals surface area contributed by atoms with E-state index in [-0.39, 0.29) is 12.5 Å². The number of aryl methyl sites for hydroxylation is 2. The summed E-state index contributed by atoms with van der Waals surface area (Å²) in [5, 5.41) is 2.57.